The Balaban J connectivity index is 0.000000954. The molecule has 1 aliphatic heterocycles. The van der Waals surface area contributed by atoms with E-state index in [0.717, 1.165) is 92.4 Å². The number of aliphatic carboxylic acids is 1. The van der Waals surface area contributed by atoms with Gasteiger partial charge in [0, 0.05) is 57.0 Å². The first kappa shape index (κ1) is 35.1. The fraction of sp³-hybridized carbons (Fsp3) is 0.349. The molecule has 4 heterocycles. The van der Waals surface area contributed by atoms with Gasteiger partial charge in [-0.25, -0.2) is 4.98 Å². The number of pyridine rings is 1. The number of carboxylic acid groups (broad SMARTS) is 1. The number of carboxylic acids is 1. The SMILES string of the molecule is CC(=O)[O-].Nc1c2c([nH+]c3cc(Cl)ccc13)CC1C=C(CCCC[n+]3cc(CC[NH+]4CCc5c([nH]c6ccccc56)C4c4ccccc4)n[nH]3)CC2C1. The molecule has 272 valence electrons. The Labute approximate surface area is 314 Å². The molecule has 0 saturated heterocycles. The van der Waals surface area contributed by atoms with Crippen LogP contribution in [0.25, 0.3) is 21.8 Å². The molecule has 4 atom stereocenters. The maximum Gasteiger partial charge on any atom is 0.224 e. The van der Waals surface area contributed by atoms with Gasteiger partial charge in [-0.2, -0.15) is 4.68 Å². The topological polar surface area (TPSA) is 133 Å². The second-order valence-corrected chi connectivity index (χ2v) is 15.5. The van der Waals surface area contributed by atoms with E-state index in [0.29, 0.717) is 17.9 Å². The number of nitrogens with two attached hydrogens (primary N) is 1. The van der Waals surface area contributed by atoms with Gasteiger partial charge in [-0.15, -0.1) is 0 Å². The molecule has 0 fully saturated rings. The van der Waals surface area contributed by atoms with Crippen molar-refractivity contribution in [3.63, 3.8) is 0 Å². The number of unbranched alkanes of at least 4 members (excludes halogenated alkanes) is 1. The van der Waals surface area contributed by atoms with Crippen LogP contribution in [-0.4, -0.2) is 34.4 Å². The van der Waals surface area contributed by atoms with E-state index in [1.54, 1.807) is 10.5 Å². The zero-order valence-corrected chi connectivity index (χ0v) is 31.0. The minimum Gasteiger partial charge on any atom is -0.550 e. The minimum atomic E-state index is -1.08. The molecule has 6 N–H and O–H groups in total. The Hall–Kier alpha value is -4.99. The van der Waals surface area contributed by atoms with Gasteiger partial charge in [-0.05, 0) is 74.6 Å². The van der Waals surface area contributed by atoms with Crippen LogP contribution >= 0.6 is 11.6 Å². The number of benzene rings is 3. The van der Waals surface area contributed by atoms with E-state index in [1.165, 1.54) is 51.8 Å². The maximum absolute atomic E-state index is 8.89. The molecule has 3 aromatic carbocycles. The Morgan fingerprint density at radius 2 is 1.87 bits per heavy atom. The van der Waals surface area contributed by atoms with E-state index in [2.05, 4.69) is 92.8 Å². The number of nitrogens with one attached hydrogen (secondary N) is 4. The average molecular weight is 730 g/mol. The van der Waals surface area contributed by atoms with Crippen LogP contribution < -0.4 is 25.4 Å². The lowest BCUT2D eigenvalue weighted by molar-refractivity contribution is -0.928. The molecule has 2 bridgehead atoms. The molecule has 53 heavy (non-hydrogen) atoms. The monoisotopic (exact) mass is 729 g/mol. The number of allylic oxidation sites excluding steroid dienone is 2. The number of rotatable bonds is 9. The number of quaternary nitrogens is 1. The van der Waals surface area contributed by atoms with Crippen LogP contribution in [0.5, 0.6) is 0 Å². The summed E-state index contributed by atoms with van der Waals surface area (Å²) in [6, 6.07) is 26.1. The largest absolute Gasteiger partial charge is 0.550 e. The lowest BCUT2D eigenvalue weighted by atomic mass is 9.70. The summed E-state index contributed by atoms with van der Waals surface area (Å²) >= 11 is 6.28. The third-order valence-electron chi connectivity index (χ3n) is 11.5. The number of aryl methyl sites for hydroxylation is 1. The number of carbonyl (C=O) groups excluding carboxylic acids is 1. The Morgan fingerprint density at radius 1 is 1.06 bits per heavy atom. The molecule has 0 spiro atoms. The Morgan fingerprint density at radius 3 is 2.72 bits per heavy atom. The summed E-state index contributed by atoms with van der Waals surface area (Å²) in [5, 5.41) is 20.1. The second-order valence-electron chi connectivity index (χ2n) is 15.1. The number of hydrogen-bond donors (Lipinski definition) is 4. The third-order valence-corrected chi connectivity index (χ3v) is 11.7. The molecular formula is C43H48ClN7O2+2. The number of nitrogen functional groups attached to an aromatic ring is 1. The number of carbonyl (C=O) groups is 1. The van der Waals surface area contributed by atoms with Crippen LogP contribution in [-0.2, 0) is 30.6 Å². The van der Waals surface area contributed by atoms with Gasteiger partial charge in [-0.1, -0.05) is 77.0 Å². The highest BCUT2D eigenvalue weighted by atomic mass is 35.5. The van der Waals surface area contributed by atoms with Crippen molar-refractivity contribution in [3.8, 4) is 0 Å². The number of H-pyrrole nitrogens is 3. The van der Waals surface area contributed by atoms with E-state index in [-0.39, 0.29) is 0 Å². The van der Waals surface area contributed by atoms with Crippen LogP contribution in [0.1, 0.15) is 84.8 Å². The van der Waals surface area contributed by atoms with Crippen molar-refractivity contribution in [1.29, 1.82) is 0 Å². The summed E-state index contributed by atoms with van der Waals surface area (Å²) in [6.45, 7) is 4.11. The summed E-state index contributed by atoms with van der Waals surface area (Å²) in [5.41, 5.74) is 19.7. The summed E-state index contributed by atoms with van der Waals surface area (Å²) in [7, 11) is 0. The molecular weight excluding hydrogens is 682 g/mol. The van der Waals surface area contributed by atoms with Crippen LogP contribution in [0, 0.1) is 5.92 Å². The van der Waals surface area contributed by atoms with Crippen molar-refractivity contribution >= 4 is 45.1 Å². The average Bonchev–Trinajstić information content (AvgIpc) is 3.76. The number of aromatic amines is 3. The first-order valence-corrected chi connectivity index (χ1v) is 19.4. The van der Waals surface area contributed by atoms with Crippen molar-refractivity contribution in [1.82, 2.24) is 15.3 Å². The first-order chi connectivity index (χ1) is 25.8. The standard InChI is InChI=1S/C41H42ClN7.C2H4O2/c42-30-13-14-34-36(24-30)44-37-23-27-20-26(21-29(22-27)38(37)39(34)43)8-6-7-17-49-25-31(46-47-49)15-18-48-19-16-33-32-11-4-5-12-35(32)45-40(33)41(48)28-9-2-1-3-10-28;1-2(3)4/h1-5,9-14,20,24-25,27,29,41,45H,6-8,15-19,21-23H2,(H2,43,44);1H3,(H,3,4)/p+2. The number of para-hydroxylation sites is 1. The van der Waals surface area contributed by atoms with Gasteiger partial charge in [0.2, 0.25) is 11.2 Å². The predicted octanol–water partition coefficient (Wildman–Crippen LogP) is 4.76. The van der Waals surface area contributed by atoms with Gasteiger partial charge < -0.3 is 25.5 Å². The maximum atomic E-state index is 8.89. The van der Waals surface area contributed by atoms with E-state index in [1.807, 2.05) is 12.1 Å². The van der Waals surface area contributed by atoms with E-state index in [4.69, 9.17) is 32.3 Å². The normalized spacial score (nSPS) is 20.3. The smallest absolute Gasteiger partial charge is 0.224 e. The molecule has 0 radical (unpaired) electrons. The van der Waals surface area contributed by atoms with Crippen LogP contribution in [0.3, 0.4) is 0 Å². The number of hydrogen-bond acceptors (Lipinski definition) is 4. The van der Waals surface area contributed by atoms with Crippen molar-refractivity contribution in [3.05, 3.63) is 129 Å². The zero-order chi connectivity index (χ0) is 36.5. The quantitative estimate of drug-likeness (QED) is 0.0971. The zero-order valence-electron chi connectivity index (χ0n) is 30.3. The van der Waals surface area contributed by atoms with E-state index < -0.39 is 5.97 Å². The summed E-state index contributed by atoms with van der Waals surface area (Å²) in [5.74, 6) is 0.00467. The van der Waals surface area contributed by atoms with Crippen molar-refractivity contribution in [2.75, 3.05) is 18.8 Å². The lowest BCUT2D eigenvalue weighted by Gasteiger charge is -2.34. The molecule has 6 aromatic rings. The number of fused-ring (bicyclic) bond motifs is 8. The van der Waals surface area contributed by atoms with Crippen molar-refractivity contribution in [2.24, 2.45) is 5.92 Å². The highest BCUT2D eigenvalue weighted by Crippen LogP contribution is 2.46. The molecule has 9 nitrogen and oxygen atoms in total. The molecule has 0 saturated carbocycles. The molecule has 2 aliphatic carbocycles. The number of anilines is 1. The summed E-state index contributed by atoms with van der Waals surface area (Å²) in [6.07, 6.45) is 13.7. The Bertz CT molecular complexity index is 2290. The van der Waals surface area contributed by atoms with Gasteiger partial charge in [0.25, 0.3) is 0 Å². The number of nitrogens with zero attached hydrogens (tertiary/aromatic N) is 2. The van der Waals surface area contributed by atoms with Crippen LogP contribution in [0.2, 0.25) is 5.02 Å². The van der Waals surface area contributed by atoms with Crippen molar-refractivity contribution in [2.45, 2.75) is 76.8 Å². The minimum absolute atomic E-state index is 0.304. The predicted molar refractivity (Wildman–Crippen MR) is 205 cm³/mol. The second kappa shape index (κ2) is 15.2. The highest BCUT2D eigenvalue weighted by Gasteiger charge is 2.37. The van der Waals surface area contributed by atoms with E-state index in [9.17, 15) is 0 Å². The van der Waals surface area contributed by atoms with E-state index >= 15 is 0 Å². The van der Waals surface area contributed by atoms with Crippen LogP contribution in [0.15, 0.2) is 90.6 Å². The molecule has 9 rings (SSSR count). The van der Waals surface area contributed by atoms with Gasteiger partial charge in [0.1, 0.15) is 6.54 Å². The molecule has 3 aliphatic rings. The third kappa shape index (κ3) is 7.46. The fourth-order valence-corrected chi connectivity index (χ4v) is 9.45. The van der Waals surface area contributed by atoms with Gasteiger partial charge in [0.15, 0.2) is 17.9 Å². The van der Waals surface area contributed by atoms with Gasteiger partial charge >= 0.3 is 0 Å². The number of aromatic nitrogens is 5. The van der Waals surface area contributed by atoms with Gasteiger partial charge in [-0.3, -0.25) is 0 Å². The fourth-order valence-electron chi connectivity index (χ4n) is 9.28. The number of halogens is 1. The molecule has 0 amide bonds. The molecule has 10 heteroatoms. The highest BCUT2D eigenvalue weighted by molar-refractivity contribution is 6.31. The Kier molecular flexibility index (Phi) is 10.0. The van der Waals surface area contributed by atoms with Crippen molar-refractivity contribution < 1.29 is 24.5 Å². The van der Waals surface area contributed by atoms with Crippen LogP contribution in [0.4, 0.5) is 5.69 Å². The van der Waals surface area contributed by atoms with Gasteiger partial charge in [0.05, 0.1) is 36.3 Å². The lowest BCUT2D eigenvalue weighted by Crippen LogP contribution is -3.13. The summed E-state index contributed by atoms with van der Waals surface area (Å²) in [4.78, 5) is 18.0. The molecule has 4 unspecified atom stereocenters. The molecule has 3 aromatic heterocycles. The first-order valence-electron chi connectivity index (χ1n) is 19.0. The summed E-state index contributed by atoms with van der Waals surface area (Å²) < 4.78 is 2.18.